The number of carbonyl (C=O) groups is 2. The summed E-state index contributed by atoms with van der Waals surface area (Å²) in [5.41, 5.74) is -1.49. The first-order chi connectivity index (χ1) is 11.1. The SMILES string of the molecule is C=CC1(C(C#N)C(=O)O)C[C@H]2COC[C@@H](C1)N2C(=O)OC(C)(C)C. The summed E-state index contributed by atoms with van der Waals surface area (Å²) in [6.45, 7) is 9.75. The van der Waals surface area contributed by atoms with Crippen molar-refractivity contribution in [2.24, 2.45) is 11.3 Å². The van der Waals surface area contributed by atoms with Gasteiger partial charge in [0.15, 0.2) is 5.92 Å². The summed E-state index contributed by atoms with van der Waals surface area (Å²) < 4.78 is 11.0. The highest BCUT2D eigenvalue weighted by Crippen LogP contribution is 2.47. The van der Waals surface area contributed by atoms with Gasteiger partial charge in [0.1, 0.15) is 5.60 Å². The summed E-state index contributed by atoms with van der Waals surface area (Å²) in [6.07, 6.45) is 1.77. The smallest absolute Gasteiger partial charge is 0.410 e. The molecule has 2 saturated heterocycles. The summed E-state index contributed by atoms with van der Waals surface area (Å²) in [5.74, 6) is -2.36. The van der Waals surface area contributed by atoms with Gasteiger partial charge in [-0.3, -0.25) is 9.69 Å². The second-order valence-corrected chi connectivity index (χ2v) is 7.48. The number of hydrogen-bond donors (Lipinski definition) is 1. The molecular formula is C17H24N2O5. The molecule has 0 aromatic carbocycles. The first-order valence-electron chi connectivity index (χ1n) is 7.98. The van der Waals surface area contributed by atoms with E-state index in [9.17, 15) is 20.0 Å². The average molecular weight is 336 g/mol. The lowest BCUT2D eigenvalue weighted by atomic mass is 9.64. The summed E-state index contributed by atoms with van der Waals surface area (Å²) in [7, 11) is 0. The minimum Gasteiger partial charge on any atom is -0.480 e. The Balaban J connectivity index is 2.30. The Labute approximate surface area is 141 Å². The fraction of sp³-hybridized carbons (Fsp3) is 0.706. The Morgan fingerprint density at radius 1 is 1.42 bits per heavy atom. The Hall–Kier alpha value is -2.07. The minimum atomic E-state index is -1.20. The molecule has 0 radical (unpaired) electrons. The highest BCUT2D eigenvalue weighted by atomic mass is 16.6. The quantitative estimate of drug-likeness (QED) is 0.793. The predicted molar refractivity (Wildman–Crippen MR) is 85.1 cm³/mol. The van der Waals surface area contributed by atoms with E-state index in [1.54, 1.807) is 31.7 Å². The van der Waals surface area contributed by atoms with Gasteiger partial charge < -0.3 is 14.6 Å². The molecule has 2 bridgehead atoms. The lowest BCUT2D eigenvalue weighted by Crippen LogP contribution is -2.63. The lowest BCUT2D eigenvalue weighted by Gasteiger charge is -2.52. The number of morpholine rings is 1. The van der Waals surface area contributed by atoms with Crippen LogP contribution in [0.25, 0.3) is 0 Å². The largest absolute Gasteiger partial charge is 0.480 e. The first-order valence-corrected chi connectivity index (χ1v) is 7.98. The minimum absolute atomic E-state index is 0.295. The number of nitrogens with zero attached hydrogens (tertiary/aromatic N) is 2. The van der Waals surface area contributed by atoms with Gasteiger partial charge in [0.05, 0.1) is 31.4 Å². The predicted octanol–water partition coefficient (Wildman–Crippen LogP) is 2.18. The zero-order chi connectivity index (χ0) is 18.1. The molecule has 0 saturated carbocycles. The van der Waals surface area contributed by atoms with Gasteiger partial charge in [-0.05, 0) is 33.6 Å². The molecule has 1 N–H and O–H groups in total. The molecule has 2 aliphatic heterocycles. The van der Waals surface area contributed by atoms with Crippen LogP contribution in [-0.2, 0) is 14.3 Å². The van der Waals surface area contributed by atoms with Crippen molar-refractivity contribution in [3.05, 3.63) is 12.7 Å². The average Bonchev–Trinajstić information content (AvgIpc) is 2.44. The highest BCUT2D eigenvalue weighted by molar-refractivity contribution is 5.75. The van der Waals surface area contributed by atoms with Crippen LogP contribution in [-0.4, -0.2) is 53.0 Å². The number of nitriles is 1. The van der Waals surface area contributed by atoms with E-state index < -0.39 is 29.0 Å². The molecule has 2 heterocycles. The van der Waals surface area contributed by atoms with E-state index in [4.69, 9.17) is 9.47 Å². The van der Waals surface area contributed by atoms with Crippen molar-refractivity contribution in [2.45, 2.75) is 51.3 Å². The maximum Gasteiger partial charge on any atom is 0.410 e. The fourth-order valence-electron chi connectivity index (χ4n) is 3.64. The van der Waals surface area contributed by atoms with E-state index in [2.05, 4.69) is 6.58 Å². The Kier molecular flexibility index (Phi) is 4.90. The molecule has 2 fully saturated rings. The van der Waals surface area contributed by atoms with Gasteiger partial charge in [-0.25, -0.2) is 4.79 Å². The Morgan fingerprint density at radius 2 is 1.96 bits per heavy atom. The lowest BCUT2D eigenvalue weighted by molar-refractivity contribution is -0.148. The molecule has 0 aliphatic carbocycles. The van der Waals surface area contributed by atoms with Gasteiger partial charge >= 0.3 is 12.1 Å². The molecule has 7 nitrogen and oxygen atoms in total. The monoisotopic (exact) mass is 336 g/mol. The maximum atomic E-state index is 12.5. The standard InChI is InChI=1S/C17H24N2O5/c1-5-17(13(8-18)14(20)21)6-11-9-23-10-12(7-17)19(11)15(22)24-16(2,3)4/h5,11-13H,1,6-7,9-10H2,2-4H3,(H,20,21)/t11-,12+,13?,17?. The summed E-state index contributed by atoms with van der Waals surface area (Å²) in [6, 6.07) is 1.22. The van der Waals surface area contributed by atoms with Crippen molar-refractivity contribution < 1.29 is 24.2 Å². The van der Waals surface area contributed by atoms with Crippen LogP contribution in [0.1, 0.15) is 33.6 Å². The van der Waals surface area contributed by atoms with Crippen LogP contribution >= 0.6 is 0 Å². The van der Waals surface area contributed by atoms with E-state index in [-0.39, 0.29) is 12.1 Å². The molecule has 0 spiro atoms. The number of carboxylic acid groups (broad SMARTS) is 1. The molecule has 1 amide bonds. The zero-order valence-electron chi connectivity index (χ0n) is 14.3. The number of ether oxygens (including phenoxy) is 2. The fourth-order valence-corrected chi connectivity index (χ4v) is 3.64. The van der Waals surface area contributed by atoms with Crippen LogP contribution < -0.4 is 0 Å². The topological polar surface area (TPSA) is 99.9 Å². The van der Waals surface area contributed by atoms with Crippen molar-refractivity contribution in [2.75, 3.05) is 13.2 Å². The summed E-state index contributed by atoms with van der Waals surface area (Å²) >= 11 is 0. The van der Waals surface area contributed by atoms with Gasteiger partial charge in [0.2, 0.25) is 0 Å². The van der Waals surface area contributed by atoms with Crippen LogP contribution in [0.3, 0.4) is 0 Å². The number of allylic oxidation sites excluding steroid dienone is 1. The molecule has 2 rings (SSSR count). The molecule has 4 atom stereocenters. The zero-order valence-corrected chi connectivity index (χ0v) is 14.3. The molecule has 132 valence electrons. The van der Waals surface area contributed by atoms with Crippen molar-refractivity contribution >= 4 is 12.1 Å². The second kappa shape index (κ2) is 6.44. The van der Waals surface area contributed by atoms with Crippen LogP contribution in [0.15, 0.2) is 12.7 Å². The summed E-state index contributed by atoms with van der Waals surface area (Å²) in [5, 5.41) is 18.7. The van der Waals surface area contributed by atoms with Gasteiger partial charge in [0.25, 0.3) is 0 Å². The van der Waals surface area contributed by atoms with Crippen molar-refractivity contribution in [1.82, 2.24) is 4.90 Å². The Morgan fingerprint density at radius 3 is 2.33 bits per heavy atom. The van der Waals surface area contributed by atoms with Gasteiger partial charge in [0, 0.05) is 5.41 Å². The van der Waals surface area contributed by atoms with Crippen LogP contribution in [0.4, 0.5) is 4.79 Å². The van der Waals surface area contributed by atoms with E-state index in [1.807, 2.05) is 6.07 Å². The molecule has 7 heteroatoms. The van der Waals surface area contributed by atoms with E-state index >= 15 is 0 Å². The van der Waals surface area contributed by atoms with E-state index in [1.165, 1.54) is 0 Å². The number of aliphatic carboxylic acids is 1. The molecule has 0 aromatic heterocycles. The number of hydrogen-bond acceptors (Lipinski definition) is 5. The number of rotatable bonds is 3. The van der Waals surface area contributed by atoms with Gasteiger partial charge in [-0.15, -0.1) is 6.58 Å². The van der Waals surface area contributed by atoms with Gasteiger partial charge in [-0.1, -0.05) is 6.08 Å². The van der Waals surface area contributed by atoms with E-state index in [0.717, 1.165) is 0 Å². The van der Waals surface area contributed by atoms with Crippen LogP contribution in [0.2, 0.25) is 0 Å². The second-order valence-electron chi connectivity index (χ2n) is 7.48. The number of piperidine rings is 1. The van der Waals surface area contributed by atoms with E-state index in [0.29, 0.717) is 26.1 Å². The van der Waals surface area contributed by atoms with Gasteiger partial charge in [-0.2, -0.15) is 5.26 Å². The molecule has 2 unspecified atom stereocenters. The third kappa shape index (κ3) is 3.39. The third-order valence-electron chi connectivity index (χ3n) is 4.60. The Bertz CT molecular complexity index is 561. The maximum absolute atomic E-state index is 12.5. The number of carboxylic acids is 1. The highest BCUT2D eigenvalue weighted by Gasteiger charge is 2.53. The normalized spacial score (nSPS) is 30.8. The molecule has 2 aliphatic rings. The van der Waals surface area contributed by atoms with Crippen molar-refractivity contribution in [1.29, 1.82) is 5.26 Å². The first kappa shape index (κ1) is 18.3. The third-order valence-corrected chi connectivity index (χ3v) is 4.60. The number of fused-ring (bicyclic) bond motifs is 2. The van der Waals surface area contributed by atoms with Crippen molar-refractivity contribution in [3.63, 3.8) is 0 Å². The molecule has 24 heavy (non-hydrogen) atoms. The van der Waals surface area contributed by atoms with Crippen molar-refractivity contribution in [3.8, 4) is 6.07 Å². The van der Waals surface area contributed by atoms with Crippen LogP contribution in [0.5, 0.6) is 0 Å². The summed E-state index contributed by atoms with van der Waals surface area (Å²) in [4.78, 5) is 25.7. The molecular weight excluding hydrogens is 312 g/mol. The number of amides is 1. The van der Waals surface area contributed by atoms with Crippen LogP contribution in [0, 0.1) is 22.7 Å². The molecule has 0 aromatic rings. The number of carbonyl (C=O) groups excluding carboxylic acids is 1.